The van der Waals surface area contributed by atoms with E-state index in [1.165, 1.54) is 7.11 Å². The first-order chi connectivity index (χ1) is 9.61. The molecule has 0 aliphatic carbocycles. The zero-order valence-corrected chi connectivity index (χ0v) is 11.2. The summed E-state index contributed by atoms with van der Waals surface area (Å²) in [7, 11) is 1.27. The molecule has 20 heavy (non-hydrogen) atoms. The lowest BCUT2D eigenvalue weighted by Gasteiger charge is -2.09. The maximum atomic E-state index is 11.9. The number of hydrogen-bond donors (Lipinski definition) is 1. The Morgan fingerprint density at radius 2 is 1.95 bits per heavy atom. The molecule has 0 fully saturated rings. The lowest BCUT2D eigenvalue weighted by molar-refractivity contribution is -0.142. The van der Waals surface area contributed by atoms with Gasteiger partial charge in [-0.1, -0.05) is 18.2 Å². The number of aromatic nitrogens is 2. The standard InChI is InChI=1S/C14H15N3O3/c1-10(14(19)20-2)15-13(18)12-8-9-17(16-12)11-6-4-3-5-7-11/h3-10H,1-2H3,(H,15,18)/t10-/m0/s1. The van der Waals surface area contributed by atoms with E-state index in [1.54, 1.807) is 23.9 Å². The Kier molecular flexibility index (Phi) is 4.14. The zero-order valence-electron chi connectivity index (χ0n) is 11.2. The molecule has 0 unspecified atom stereocenters. The minimum Gasteiger partial charge on any atom is -0.467 e. The first-order valence-corrected chi connectivity index (χ1v) is 6.11. The number of nitrogens with zero attached hydrogens (tertiary/aromatic N) is 2. The molecule has 104 valence electrons. The predicted octanol–water partition coefficient (Wildman–Crippen LogP) is 1.16. The molecule has 0 saturated carbocycles. The van der Waals surface area contributed by atoms with Crippen molar-refractivity contribution < 1.29 is 14.3 Å². The highest BCUT2D eigenvalue weighted by Crippen LogP contribution is 2.07. The van der Waals surface area contributed by atoms with Crippen molar-refractivity contribution in [2.24, 2.45) is 0 Å². The van der Waals surface area contributed by atoms with Gasteiger partial charge in [0.05, 0.1) is 12.8 Å². The molecule has 6 nitrogen and oxygen atoms in total. The van der Waals surface area contributed by atoms with Gasteiger partial charge in [-0.2, -0.15) is 5.10 Å². The Morgan fingerprint density at radius 3 is 2.60 bits per heavy atom. The van der Waals surface area contributed by atoms with Crippen molar-refractivity contribution in [1.82, 2.24) is 15.1 Å². The normalized spacial score (nSPS) is 11.7. The maximum Gasteiger partial charge on any atom is 0.328 e. The van der Waals surface area contributed by atoms with Gasteiger partial charge in [0, 0.05) is 6.20 Å². The number of hydrogen-bond acceptors (Lipinski definition) is 4. The molecule has 0 radical (unpaired) electrons. The molecule has 2 rings (SSSR count). The Hall–Kier alpha value is -2.63. The third-order valence-corrected chi connectivity index (χ3v) is 2.74. The van der Waals surface area contributed by atoms with Crippen LogP contribution in [0.2, 0.25) is 0 Å². The lowest BCUT2D eigenvalue weighted by atomic mass is 10.3. The fourth-order valence-corrected chi connectivity index (χ4v) is 1.68. The van der Waals surface area contributed by atoms with Crippen LogP contribution in [0, 0.1) is 0 Å². The fraction of sp³-hybridized carbons (Fsp3) is 0.214. The van der Waals surface area contributed by atoms with Gasteiger partial charge in [-0.15, -0.1) is 0 Å². The lowest BCUT2D eigenvalue weighted by Crippen LogP contribution is -2.39. The largest absolute Gasteiger partial charge is 0.467 e. The molecule has 6 heteroatoms. The first-order valence-electron chi connectivity index (χ1n) is 6.11. The summed E-state index contributed by atoms with van der Waals surface area (Å²) in [5, 5.41) is 6.69. The number of nitrogens with one attached hydrogen (secondary N) is 1. The second-order valence-electron chi connectivity index (χ2n) is 4.20. The van der Waals surface area contributed by atoms with Crippen molar-refractivity contribution in [1.29, 1.82) is 0 Å². The quantitative estimate of drug-likeness (QED) is 0.848. The van der Waals surface area contributed by atoms with Crippen LogP contribution in [0.15, 0.2) is 42.6 Å². The highest BCUT2D eigenvalue weighted by Gasteiger charge is 2.18. The maximum absolute atomic E-state index is 11.9. The third kappa shape index (κ3) is 3.03. The molecule has 1 atom stereocenters. The number of carbonyl (C=O) groups excluding carboxylic acids is 2. The van der Waals surface area contributed by atoms with Gasteiger partial charge < -0.3 is 10.1 Å². The van der Waals surface area contributed by atoms with Crippen LogP contribution in [0.1, 0.15) is 17.4 Å². The summed E-state index contributed by atoms with van der Waals surface area (Å²) in [4.78, 5) is 23.2. The van der Waals surface area contributed by atoms with Crippen molar-refractivity contribution in [3.63, 3.8) is 0 Å². The minimum absolute atomic E-state index is 0.240. The molecule has 1 amide bonds. The SMILES string of the molecule is COC(=O)[C@H](C)NC(=O)c1ccn(-c2ccccc2)n1. The van der Waals surface area contributed by atoms with Crippen LogP contribution in [-0.4, -0.2) is 34.8 Å². The Bertz CT molecular complexity index is 607. The van der Waals surface area contributed by atoms with Crippen LogP contribution in [-0.2, 0) is 9.53 Å². The molecule has 1 aromatic carbocycles. The number of methoxy groups -OCH3 is 1. The van der Waals surface area contributed by atoms with E-state index < -0.39 is 17.9 Å². The number of rotatable bonds is 4. The summed E-state index contributed by atoms with van der Waals surface area (Å²) in [6, 6.07) is 10.3. The van der Waals surface area contributed by atoms with Crippen LogP contribution in [0.3, 0.4) is 0 Å². The molecule has 0 spiro atoms. The van der Waals surface area contributed by atoms with Crippen LogP contribution >= 0.6 is 0 Å². The van der Waals surface area contributed by atoms with Gasteiger partial charge in [0.2, 0.25) is 0 Å². The third-order valence-electron chi connectivity index (χ3n) is 2.74. The zero-order chi connectivity index (χ0) is 14.5. The summed E-state index contributed by atoms with van der Waals surface area (Å²) >= 11 is 0. The van der Waals surface area contributed by atoms with E-state index >= 15 is 0 Å². The van der Waals surface area contributed by atoms with Crippen molar-refractivity contribution in [2.45, 2.75) is 13.0 Å². The fourth-order valence-electron chi connectivity index (χ4n) is 1.68. The Morgan fingerprint density at radius 1 is 1.25 bits per heavy atom. The van der Waals surface area contributed by atoms with Gasteiger partial charge in [0.1, 0.15) is 6.04 Å². The Labute approximate surface area is 116 Å². The smallest absolute Gasteiger partial charge is 0.328 e. The van der Waals surface area contributed by atoms with E-state index in [0.717, 1.165) is 5.69 Å². The molecule has 1 N–H and O–H groups in total. The highest BCUT2D eigenvalue weighted by atomic mass is 16.5. The number of benzene rings is 1. The van der Waals surface area contributed by atoms with Crippen molar-refractivity contribution in [2.75, 3.05) is 7.11 Å². The van der Waals surface area contributed by atoms with Crippen molar-refractivity contribution in [3.8, 4) is 5.69 Å². The minimum atomic E-state index is -0.714. The molecular weight excluding hydrogens is 258 g/mol. The molecule has 0 bridgehead atoms. The second-order valence-corrected chi connectivity index (χ2v) is 4.20. The number of esters is 1. The molecule has 0 aliphatic heterocycles. The summed E-state index contributed by atoms with van der Waals surface area (Å²) in [6.45, 7) is 1.55. The predicted molar refractivity (Wildman–Crippen MR) is 72.5 cm³/mol. The van der Waals surface area contributed by atoms with Gasteiger partial charge in [-0.05, 0) is 25.1 Å². The Balaban J connectivity index is 2.09. The second kappa shape index (κ2) is 6.01. The van der Waals surface area contributed by atoms with E-state index in [1.807, 2.05) is 30.3 Å². The van der Waals surface area contributed by atoms with Gasteiger partial charge in [-0.25, -0.2) is 9.48 Å². The van der Waals surface area contributed by atoms with Crippen LogP contribution in [0.5, 0.6) is 0 Å². The average molecular weight is 273 g/mol. The summed E-state index contributed by atoms with van der Waals surface area (Å²) in [5.74, 6) is -0.918. The van der Waals surface area contributed by atoms with E-state index in [0.29, 0.717) is 0 Å². The topological polar surface area (TPSA) is 73.2 Å². The molecule has 1 heterocycles. The van der Waals surface area contributed by atoms with E-state index in [9.17, 15) is 9.59 Å². The first kappa shape index (κ1) is 13.8. The monoisotopic (exact) mass is 273 g/mol. The molecule has 1 aromatic heterocycles. The summed E-state index contributed by atoms with van der Waals surface area (Å²) < 4.78 is 6.14. The number of ether oxygens (including phenoxy) is 1. The summed E-state index contributed by atoms with van der Waals surface area (Å²) in [5.41, 5.74) is 1.09. The molecule has 2 aromatic rings. The molecule has 0 saturated heterocycles. The van der Waals surface area contributed by atoms with Crippen LogP contribution in [0.4, 0.5) is 0 Å². The van der Waals surface area contributed by atoms with Crippen LogP contribution < -0.4 is 5.32 Å². The van der Waals surface area contributed by atoms with E-state index in [2.05, 4.69) is 15.2 Å². The number of carbonyl (C=O) groups is 2. The summed E-state index contributed by atoms with van der Waals surface area (Å²) in [6.07, 6.45) is 1.69. The van der Waals surface area contributed by atoms with Crippen LogP contribution in [0.25, 0.3) is 5.69 Å². The molecule has 0 aliphatic rings. The molecular formula is C14H15N3O3. The highest BCUT2D eigenvalue weighted by molar-refractivity contribution is 5.95. The number of amides is 1. The van der Waals surface area contributed by atoms with Gasteiger partial charge in [0.25, 0.3) is 5.91 Å². The average Bonchev–Trinajstić information content (AvgIpc) is 2.97. The van der Waals surface area contributed by atoms with Gasteiger partial charge in [0.15, 0.2) is 5.69 Å². The van der Waals surface area contributed by atoms with E-state index in [-0.39, 0.29) is 5.69 Å². The van der Waals surface area contributed by atoms with Gasteiger partial charge in [-0.3, -0.25) is 4.79 Å². The van der Waals surface area contributed by atoms with E-state index in [4.69, 9.17) is 0 Å². The van der Waals surface area contributed by atoms with Crippen molar-refractivity contribution >= 4 is 11.9 Å². The van der Waals surface area contributed by atoms with Gasteiger partial charge >= 0.3 is 5.97 Å². The van der Waals surface area contributed by atoms with Crippen molar-refractivity contribution in [3.05, 3.63) is 48.3 Å². The number of para-hydroxylation sites is 1.